The second kappa shape index (κ2) is 11.1. The number of aliphatic imine (C=N–C) groups is 1. The van der Waals surface area contributed by atoms with E-state index in [1.54, 1.807) is 7.11 Å². The largest absolute Gasteiger partial charge is 0.496 e. The lowest BCUT2D eigenvalue weighted by atomic mass is 10.0. The predicted octanol–water partition coefficient (Wildman–Crippen LogP) is 3.87. The molecule has 136 valence electrons. The van der Waals surface area contributed by atoms with Gasteiger partial charge in [0.2, 0.25) is 0 Å². The van der Waals surface area contributed by atoms with Crippen LogP contribution in [0.25, 0.3) is 0 Å². The van der Waals surface area contributed by atoms with Gasteiger partial charge in [-0.3, -0.25) is 4.99 Å². The summed E-state index contributed by atoms with van der Waals surface area (Å²) in [7, 11) is 3.56. The lowest BCUT2D eigenvalue weighted by Gasteiger charge is -2.20. The van der Waals surface area contributed by atoms with Crippen LogP contribution in [0.5, 0.6) is 5.75 Å². The van der Waals surface area contributed by atoms with Gasteiger partial charge in [-0.25, -0.2) is 0 Å². The zero-order valence-electron chi connectivity index (χ0n) is 15.0. The Labute approximate surface area is 167 Å². The van der Waals surface area contributed by atoms with Crippen LogP contribution >= 0.6 is 35.7 Å². The number of thioether (sulfide) groups is 1. The van der Waals surface area contributed by atoms with Crippen molar-refractivity contribution in [2.45, 2.75) is 43.4 Å². The maximum Gasteiger partial charge on any atom is 0.191 e. The van der Waals surface area contributed by atoms with Crippen molar-refractivity contribution in [3.63, 3.8) is 0 Å². The van der Waals surface area contributed by atoms with E-state index in [-0.39, 0.29) is 24.0 Å². The van der Waals surface area contributed by atoms with E-state index in [1.807, 2.05) is 30.9 Å². The Morgan fingerprint density at radius 1 is 1.38 bits per heavy atom. The number of hydrogen-bond acceptors (Lipinski definition) is 3. The van der Waals surface area contributed by atoms with Crippen molar-refractivity contribution in [3.05, 3.63) is 29.8 Å². The molecule has 0 aromatic heterocycles. The second-order valence-corrected chi connectivity index (χ2v) is 7.25. The molecule has 2 rings (SSSR count). The third-order valence-electron chi connectivity index (χ3n) is 4.53. The zero-order valence-corrected chi connectivity index (χ0v) is 18.2. The molecule has 0 spiro atoms. The molecule has 3 atom stereocenters. The Balaban J connectivity index is 0.00000288. The summed E-state index contributed by atoms with van der Waals surface area (Å²) in [6.45, 7) is 3.04. The minimum Gasteiger partial charge on any atom is -0.496 e. The van der Waals surface area contributed by atoms with Crippen molar-refractivity contribution in [3.8, 4) is 5.75 Å². The smallest absolute Gasteiger partial charge is 0.191 e. The van der Waals surface area contributed by atoms with E-state index >= 15 is 0 Å². The van der Waals surface area contributed by atoms with Crippen molar-refractivity contribution in [2.24, 2.45) is 4.99 Å². The number of benzene rings is 1. The summed E-state index contributed by atoms with van der Waals surface area (Å²) in [4.78, 5) is 4.37. The standard InChI is InChI=1S/C18H29N3OS.HI/c1-13(16-7-5-6-8-17(16)22-3)12-20-18(19-2)21-14-9-10-15(11-14)23-4;/h5-8,13-15H,9-12H2,1-4H3,(H2,19,20,21);1H. The van der Waals surface area contributed by atoms with E-state index in [9.17, 15) is 0 Å². The number of hydrogen-bond donors (Lipinski definition) is 2. The molecule has 0 bridgehead atoms. The molecule has 0 aliphatic heterocycles. The fourth-order valence-corrected chi connectivity index (χ4v) is 3.90. The van der Waals surface area contributed by atoms with Crippen molar-refractivity contribution in [1.29, 1.82) is 0 Å². The molecule has 3 unspecified atom stereocenters. The molecule has 24 heavy (non-hydrogen) atoms. The number of nitrogens with zero attached hydrogens (tertiary/aromatic N) is 1. The van der Waals surface area contributed by atoms with Crippen LogP contribution in [0.2, 0.25) is 0 Å². The average molecular weight is 463 g/mol. The molecule has 6 heteroatoms. The average Bonchev–Trinajstić information content (AvgIpc) is 3.05. The number of methoxy groups -OCH3 is 1. The quantitative estimate of drug-likeness (QED) is 0.382. The van der Waals surface area contributed by atoms with Gasteiger partial charge in [0.25, 0.3) is 0 Å². The zero-order chi connectivity index (χ0) is 16.7. The second-order valence-electron chi connectivity index (χ2n) is 6.11. The maximum absolute atomic E-state index is 5.46. The number of nitrogens with one attached hydrogen (secondary N) is 2. The van der Waals surface area contributed by atoms with Crippen LogP contribution in [-0.2, 0) is 0 Å². The molecular formula is C18H30IN3OS. The molecule has 0 heterocycles. The van der Waals surface area contributed by atoms with Gasteiger partial charge in [0.1, 0.15) is 5.75 Å². The molecule has 2 N–H and O–H groups in total. The number of ether oxygens (including phenoxy) is 1. The molecule has 0 saturated heterocycles. The maximum atomic E-state index is 5.46. The van der Waals surface area contributed by atoms with Gasteiger partial charge in [-0.05, 0) is 37.1 Å². The van der Waals surface area contributed by atoms with Gasteiger partial charge in [-0.2, -0.15) is 11.8 Å². The molecule has 1 saturated carbocycles. The van der Waals surface area contributed by atoms with Gasteiger partial charge < -0.3 is 15.4 Å². The first-order chi connectivity index (χ1) is 11.2. The van der Waals surface area contributed by atoms with E-state index in [4.69, 9.17) is 4.74 Å². The van der Waals surface area contributed by atoms with E-state index < -0.39 is 0 Å². The number of para-hydroxylation sites is 1. The van der Waals surface area contributed by atoms with Crippen LogP contribution in [0.15, 0.2) is 29.3 Å². The van der Waals surface area contributed by atoms with E-state index in [0.717, 1.165) is 23.5 Å². The predicted molar refractivity (Wildman–Crippen MR) is 116 cm³/mol. The Hall–Kier alpha value is -0.630. The molecule has 4 nitrogen and oxygen atoms in total. The van der Waals surface area contributed by atoms with Crippen LogP contribution in [-0.4, -0.2) is 44.2 Å². The lowest BCUT2D eigenvalue weighted by molar-refractivity contribution is 0.406. The van der Waals surface area contributed by atoms with Crippen LogP contribution < -0.4 is 15.4 Å². The topological polar surface area (TPSA) is 45.7 Å². The first-order valence-electron chi connectivity index (χ1n) is 8.30. The third kappa shape index (κ3) is 6.02. The van der Waals surface area contributed by atoms with Gasteiger partial charge in [-0.15, -0.1) is 24.0 Å². The van der Waals surface area contributed by atoms with E-state index in [2.05, 4.69) is 40.9 Å². The number of halogens is 1. The molecule has 0 radical (unpaired) electrons. The summed E-state index contributed by atoms with van der Waals surface area (Å²) in [5, 5.41) is 7.80. The van der Waals surface area contributed by atoms with Gasteiger partial charge in [0.15, 0.2) is 5.96 Å². The minimum absolute atomic E-state index is 0. The SMILES string of the molecule is CN=C(NCC(C)c1ccccc1OC)NC1CCC(SC)C1.I. The van der Waals surface area contributed by atoms with Crippen molar-refractivity contribution in [2.75, 3.05) is 27.0 Å². The summed E-state index contributed by atoms with van der Waals surface area (Å²) in [5.74, 6) is 2.20. The third-order valence-corrected chi connectivity index (χ3v) is 5.62. The number of rotatable bonds is 6. The van der Waals surface area contributed by atoms with Gasteiger partial charge >= 0.3 is 0 Å². The minimum atomic E-state index is 0. The normalized spacial score (nSPS) is 21.8. The molecule has 1 aliphatic carbocycles. The fourth-order valence-electron chi connectivity index (χ4n) is 3.11. The van der Waals surface area contributed by atoms with Gasteiger partial charge in [0.05, 0.1) is 7.11 Å². The van der Waals surface area contributed by atoms with Crippen LogP contribution in [0.3, 0.4) is 0 Å². The van der Waals surface area contributed by atoms with Crippen LogP contribution in [0, 0.1) is 0 Å². The lowest BCUT2D eigenvalue weighted by Crippen LogP contribution is -2.43. The molecule has 1 aromatic rings. The van der Waals surface area contributed by atoms with Crippen molar-refractivity contribution in [1.82, 2.24) is 10.6 Å². The molecular weight excluding hydrogens is 433 g/mol. The highest BCUT2D eigenvalue weighted by molar-refractivity contribution is 14.0. The Bertz CT molecular complexity index is 527. The molecule has 1 aromatic carbocycles. The first-order valence-corrected chi connectivity index (χ1v) is 9.59. The van der Waals surface area contributed by atoms with Gasteiger partial charge in [-0.1, -0.05) is 25.1 Å². The Morgan fingerprint density at radius 2 is 2.12 bits per heavy atom. The van der Waals surface area contributed by atoms with E-state index in [0.29, 0.717) is 12.0 Å². The molecule has 1 fully saturated rings. The fraction of sp³-hybridized carbons (Fsp3) is 0.611. The van der Waals surface area contributed by atoms with Crippen LogP contribution in [0.1, 0.15) is 37.7 Å². The van der Waals surface area contributed by atoms with E-state index in [1.165, 1.54) is 24.8 Å². The van der Waals surface area contributed by atoms with Crippen LogP contribution in [0.4, 0.5) is 0 Å². The first kappa shape index (κ1) is 21.4. The molecule has 0 amide bonds. The highest BCUT2D eigenvalue weighted by atomic mass is 127. The van der Waals surface area contributed by atoms with Crippen molar-refractivity contribution >= 4 is 41.7 Å². The Kier molecular flexibility index (Phi) is 9.88. The number of guanidine groups is 1. The summed E-state index contributed by atoms with van der Waals surface area (Å²) in [6, 6.07) is 8.75. The monoisotopic (exact) mass is 463 g/mol. The highest BCUT2D eigenvalue weighted by Crippen LogP contribution is 2.28. The summed E-state index contributed by atoms with van der Waals surface area (Å²) in [5.41, 5.74) is 1.22. The van der Waals surface area contributed by atoms with Gasteiger partial charge in [0, 0.05) is 30.8 Å². The highest BCUT2D eigenvalue weighted by Gasteiger charge is 2.24. The molecule has 1 aliphatic rings. The summed E-state index contributed by atoms with van der Waals surface area (Å²) >= 11 is 1.98. The Morgan fingerprint density at radius 3 is 2.75 bits per heavy atom. The summed E-state index contributed by atoms with van der Waals surface area (Å²) in [6.07, 6.45) is 5.96. The summed E-state index contributed by atoms with van der Waals surface area (Å²) < 4.78 is 5.46. The van der Waals surface area contributed by atoms with Crippen molar-refractivity contribution < 1.29 is 4.74 Å².